The number of benzene rings is 1. The van der Waals surface area contributed by atoms with Crippen LogP contribution in [0.4, 0.5) is 5.69 Å². The van der Waals surface area contributed by atoms with E-state index in [-0.39, 0.29) is 5.91 Å². The molecule has 0 aromatic heterocycles. The normalized spacial score (nSPS) is 16.6. The highest BCUT2D eigenvalue weighted by Crippen LogP contribution is 2.30. The Morgan fingerprint density at radius 2 is 2.21 bits per heavy atom. The Balaban J connectivity index is 2.39. The lowest BCUT2D eigenvalue weighted by Gasteiger charge is -1.97. The van der Waals surface area contributed by atoms with Gasteiger partial charge in [0.1, 0.15) is 0 Å². The minimum atomic E-state index is -0.0975. The standard InChI is InChI=1S/C11H11NO2/c1-2-14-7-9-8-5-3-4-6-10(8)12-11(9)13/h3-7H,2H2,1H3,(H,12,13)/b9-7+. The summed E-state index contributed by atoms with van der Waals surface area (Å²) in [6.45, 7) is 2.45. The number of para-hydroxylation sites is 1. The zero-order chi connectivity index (χ0) is 9.97. The van der Waals surface area contributed by atoms with Gasteiger partial charge in [0, 0.05) is 11.3 Å². The van der Waals surface area contributed by atoms with Crippen molar-refractivity contribution >= 4 is 17.2 Å². The van der Waals surface area contributed by atoms with E-state index in [4.69, 9.17) is 4.74 Å². The van der Waals surface area contributed by atoms with E-state index in [1.54, 1.807) is 0 Å². The zero-order valence-electron chi connectivity index (χ0n) is 7.91. The van der Waals surface area contributed by atoms with E-state index in [2.05, 4.69) is 5.32 Å². The molecule has 1 aliphatic heterocycles. The summed E-state index contributed by atoms with van der Waals surface area (Å²) in [5, 5.41) is 2.77. The first-order chi connectivity index (χ1) is 6.83. The van der Waals surface area contributed by atoms with Crippen LogP contribution >= 0.6 is 0 Å². The van der Waals surface area contributed by atoms with Crippen LogP contribution in [0.25, 0.3) is 5.57 Å². The Morgan fingerprint density at radius 3 is 3.00 bits per heavy atom. The van der Waals surface area contributed by atoms with Crippen LogP contribution in [0, 0.1) is 0 Å². The maximum atomic E-state index is 11.5. The van der Waals surface area contributed by atoms with Crippen LogP contribution in [0.5, 0.6) is 0 Å². The van der Waals surface area contributed by atoms with Gasteiger partial charge in [0.05, 0.1) is 18.4 Å². The summed E-state index contributed by atoms with van der Waals surface area (Å²) in [5.41, 5.74) is 2.36. The van der Waals surface area contributed by atoms with Gasteiger partial charge < -0.3 is 10.1 Å². The lowest BCUT2D eigenvalue weighted by molar-refractivity contribution is -0.110. The number of hydrogen-bond donors (Lipinski definition) is 1. The van der Waals surface area contributed by atoms with Crippen molar-refractivity contribution in [1.29, 1.82) is 0 Å². The van der Waals surface area contributed by atoms with Gasteiger partial charge in [-0.3, -0.25) is 4.79 Å². The molecule has 72 valence electrons. The quantitative estimate of drug-likeness (QED) is 0.571. The summed E-state index contributed by atoms with van der Waals surface area (Å²) in [6.07, 6.45) is 1.52. The number of amides is 1. The minimum absolute atomic E-state index is 0.0975. The van der Waals surface area contributed by atoms with Crippen LogP contribution in [0.3, 0.4) is 0 Å². The molecular formula is C11H11NO2. The summed E-state index contributed by atoms with van der Waals surface area (Å²) >= 11 is 0. The summed E-state index contributed by atoms with van der Waals surface area (Å²) < 4.78 is 5.12. The fraction of sp³-hybridized carbons (Fsp3) is 0.182. The molecule has 0 saturated heterocycles. The van der Waals surface area contributed by atoms with Gasteiger partial charge in [0.2, 0.25) is 0 Å². The van der Waals surface area contributed by atoms with E-state index >= 15 is 0 Å². The molecule has 1 aromatic carbocycles. The van der Waals surface area contributed by atoms with Crippen molar-refractivity contribution in [1.82, 2.24) is 0 Å². The second kappa shape index (κ2) is 3.54. The monoisotopic (exact) mass is 189 g/mol. The Labute approximate surface area is 82.4 Å². The lowest BCUT2D eigenvalue weighted by Crippen LogP contribution is -2.04. The smallest absolute Gasteiger partial charge is 0.259 e. The Kier molecular flexibility index (Phi) is 2.23. The molecule has 0 unspecified atom stereocenters. The van der Waals surface area contributed by atoms with Crippen molar-refractivity contribution in [3.63, 3.8) is 0 Å². The van der Waals surface area contributed by atoms with E-state index in [1.807, 2.05) is 31.2 Å². The molecule has 1 N–H and O–H groups in total. The van der Waals surface area contributed by atoms with E-state index in [0.29, 0.717) is 12.2 Å². The summed E-state index contributed by atoms with van der Waals surface area (Å²) in [6, 6.07) is 7.57. The first kappa shape index (κ1) is 8.81. The van der Waals surface area contributed by atoms with Crippen molar-refractivity contribution in [2.24, 2.45) is 0 Å². The molecule has 0 saturated carbocycles. The van der Waals surface area contributed by atoms with Gasteiger partial charge in [-0.15, -0.1) is 0 Å². The molecule has 0 aliphatic carbocycles. The van der Waals surface area contributed by atoms with Crippen LogP contribution in [-0.2, 0) is 9.53 Å². The third-order valence-corrected chi connectivity index (χ3v) is 2.08. The summed E-state index contributed by atoms with van der Waals surface area (Å²) in [5.74, 6) is -0.0975. The van der Waals surface area contributed by atoms with Gasteiger partial charge in [-0.05, 0) is 13.0 Å². The molecular weight excluding hydrogens is 178 g/mol. The van der Waals surface area contributed by atoms with Gasteiger partial charge in [-0.1, -0.05) is 18.2 Å². The van der Waals surface area contributed by atoms with Gasteiger partial charge >= 0.3 is 0 Å². The largest absolute Gasteiger partial charge is 0.501 e. The number of nitrogens with one attached hydrogen (secondary N) is 1. The number of fused-ring (bicyclic) bond motifs is 1. The van der Waals surface area contributed by atoms with Gasteiger partial charge in [0.25, 0.3) is 5.91 Å². The highest BCUT2D eigenvalue weighted by Gasteiger charge is 2.23. The predicted molar refractivity (Wildman–Crippen MR) is 54.7 cm³/mol. The first-order valence-corrected chi connectivity index (χ1v) is 4.55. The molecule has 1 aliphatic rings. The van der Waals surface area contributed by atoms with E-state index in [0.717, 1.165) is 11.3 Å². The number of anilines is 1. The minimum Gasteiger partial charge on any atom is -0.501 e. The third kappa shape index (κ3) is 1.37. The highest BCUT2D eigenvalue weighted by molar-refractivity contribution is 6.31. The fourth-order valence-corrected chi connectivity index (χ4v) is 1.42. The molecule has 0 atom stereocenters. The van der Waals surface area contributed by atoms with Crippen LogP contribution < -0.4 is 5.32 Å². The van der Waals surface area contributed by atoms with Crippen LogP contribution in [0.15, 0.2) is 30.5 Å². The molecule has 3 heteroatoms. The molecule has 0 bridgehead atoms. The highest BCUT2D eigenvalue weighted by atomic mass is 16.5. The van der Waals surface area contributed by atoms with E-state index in [1.165, 1.54) is 6.26 Å². The van der Waals surface area contributed by atoms with E-state index in [9.17, 15) is 4.79 Å². The van der Waals surface area contributed by atoms with Crippen LogP contribution in [0.2, 0.25) is 0 Å². The summed E-state index contributed by atoms with van der Waals surface area (Å²) in [4.78, 5) is 11.5. The Morgan fingerprint density at radius 1 is 1.43 bits per heavy atom. The molecule has 0 fully saturated rings. The van der Waals surface area contributed by atoms with Gasteiger partial charge in [-0.25, -0.2) is 0 Å². The molecule has 1 amide bonds. The van der Waals surface area contributed by atoms with E-state index < -0.39 is 0 Å². The van der Waals surface area contributed by atoms with Crippen molar-refractivity contribution in [2.45, 2.75) is 6.92 Å². The number of ether oxygens (including phenoxy) is 1. The Hall–Kier alpha value is -1.77. The number of rotatable bonds is 2. The van der Waals surface area contributed by atoms with Gasteiger partial charge in [0.15, 0.2) is 0 Å². The maximum Gasteiger partial charge on any atom is 0.259 e. The topological polar surface area (TPSA) is 38.3 Å². The van der Waals surface area contributed by atoms with Crippen LogP contribution in [-0.4, -0.2) is 12.5 Å². The third-order valence-electron chi connectivity index (χ3n) is 2.08. The number of carbonyl (C=O) groups is 1. The molecule has 0 spiro atoms. The molecule has 1 heterocycles. The van der Waals surface area contributed by atoms with Crippen molar-refractivity contribution in [3.05, 3.63) is 36.1 Å². The SMILES string of the molecule is CCO/C=C1/C(=O)Nc2ccccc21. The lowest BCUT2D eigenvalue weighted by atomic mass is 10.1. The van der Waals surface area contributed by atoms with Crippen molar-refractivity contribution in [3.8, 4) is 0 Å². The average molecular weight is 189 g/mol. The number of hydrogen-bond acceptors (Lipinski definition) is 2. The molecule has 14 heavy (non-hydrogen) atoms. The second-order valence-electron chi connectivity index (χ2n) is 2.99. The summed E-state index contributed by atoms with van der Waals surface area (Å²) in [7, 11) is 0. The molecule has 2 rings (SSSR count). The number of carbonyl (C=O) groups excluding carboxylic acids is 1. The Bertz CT molecular complexity index is 396. The van der Waals surface area contributed by atoms with Crippen molar-refractivity contribution in [2.75, 3.05) is 11.9 Å². The maximum absolute atomic E-state index is 11.5. The van der Waals surface area contributed by atoms with Crippen LogP contribution in [0.1, 0.15) is 12.5 Å². The first-order valence-electron chi connectivity index (χ1n) is 4.55. The molecule has 1 aromatic rings. The average Bonchev–Trinajstić information content (AvgIpc) is 2.51. The van der Waals surface area contributed by atoms with Gasteiger partial charge in [-0.2, -0.15) is 0 Å². The molecule has 0 radical (unpaired) electrons. The van der Waals surface area contributed by atoms with Crippen molar-refractivity contribution < 1.29 is 9.53 Å². The second-order valence-corrected chi connectivity index (χ2v) is 2.99. The predicted octanol–water partition coefficient (Wildman–Crippen LogP) is 2.02. The molecule has 3 nitrogen and oxygen atoms in total. The zero-order valence-corrected chi connectivity index (χ0v) is 7.91. The fourth-order valence-electron chi connectivity index (χ4n) is 1.42.